The molecule has 0 aromatic heterocycles. The SMILES string of the molecule is CCCCN1CCNC12CCC2. The average Bonchev–Trinajstić information content (AvgIpc) is 2.42. The van der Waals surface area contributed by atoms with Crippen LogP contribution in [-0.4, -0.2) is 30.2 Å². The third-order valence-corrected chi connectivity index (χ3v) is 3.40. The van der Waals surface area contributed by atoms with E-state index in [1.54, 1.807) is 0 Å². The molecule has 2 rings (SSSR count). The van der Waals surface area contributed by atoms with Gasteiger partial charge in [-0.15, -0.1) is 0 Å². The molecular formula is C10H20N2. The summed E-state index contributed by atoms with van der Waals surface area (Å²) >= 11 is 0. The largest absolute Gasteiger partial charge is 0.298 e. The number of rotatable bonds is 3. The normalized spacial score (nSPS) is 27.8. The molecule has 2 aliphatic rings. The number of hydrogen-bond acceptors (Lipinski definition) is 2. The molecule has 1 saturated heterocycles. The van der Waals surface area contributed by atoms with Crippen LogP contribution in [0.3, 0.4) is 0 Å². The maximum absolute atomic E-state index is 3.65. The van der Waals surface area contributed by atoms with Crippen LogP contribution in [0, 0.1) is 0 Å². The first-order chi connectivity index (χ1) is 5.87. The van der Waals surface area contributed by atoms with E-state index in [2.05, 4.69) is 17.1 Å². The standard InChI is InChI=1S/C10H20N2/c1-2-3-8-12-9-7-11-10(12)5-4-6-10/h11H,2-9H2,1H3. The van der Waals surface area contributed by atoms with Crippen molar-refractivity contribution >= 4 is 0 Å². The van der Waals surface area contributed by atoms with Gasteiger partial charge in [-0.3, -0.25) is 10.2 Å². The Hall–Kier alpha value is -0.0800. The summed E-state index contributed by atoms with van der Waals surface area (Å²) in [6.45, 7) is 6.07. The number of nitrogens with one attached hydrogen (secondary N) is 1. The zero-order valence-corrected chi connectivity index (χ0v) is 8.10. The second kappa shape index (κ2) is 3.35. The number of unbranched alkanes of at least 4 members (excludes halogenated alkanes) is 1. The summed E-state index contributed by atoms with van der Waals surface area (Å²) in [5.41, 5.74) is 0.467. The van der Waals surface area contributed by atoms with Gasteiger partial charge in [0.25, 0.3) is 0 Å². The fraction of sp³-hybridized carbons (Fsp3) is 1.00. The van der Waals surface area contributed by atoms with E-state index in [0.29, 0.717) is 5.66 Å². The highest BCUT2D eigenvalue weighted by molar-refractivity contribution is 4.99. The van der Waals surface area contributed by atoms with E-state index in [0.717, 1.165) is 0 Å². The molecule has 1 N–H and O–H groups in total. The van der Waals surface area contributed by atoms with Crippen LogP contribution in [-0.2, 0) is 0 Å². The van der Waals surface area contributed by atoms with Crippen LogP contribution in [0.5, 0.6) is 0 Å². The molecule has 0 unspecified atom stereocenters. The van der Waals surface area contributed by atoms with Gasteiger partial charge in [-0.25, -0.2) is 0 Å². The van der Waals surface area contributed by atoms with Crippen LogP contribution in [0.1, 0.15) is 39.0 Å². The minimum Gasteiger partial charge on any atom is -0.298 e. The van der Waals surface area contributed by atoms with Crippen LogP contribution in [0.15, 0.2) is 0 Å². The zero-order chi connectivity index (χ0) is 8.44. The maximum Gasteiger partial charge on any atom is 0.0713 e. The topological polar surface area (TPSA) is 15.3 Å². The highest BCUT2D eigenvalue weighted by Gasteiger charge is 2.44. The van der Waals surface area contributed by atoms with Crippen LogP contribution in [0.25, 0.3) is 0 Å². The molecule has 0 atom stereocenters. The van der Waals surface area contributed by atoms with Crippen molar-refractivity contribution in [2.24, 2.45) is 0 Å². The lowest BCUT2D eigenvalue weighted by Gasteiger charge is -2.45. The van der Waals surface area contributed by atoms with Crippen LogP contribution >= 0.6 is 0 Å². The molecule has 1 heterocycles. The summed E-state index contributed by atoms with van der Waals surface area (Å²) in [5.74, 6) is 0. The molecule has 2 heteroatoms. The Kier molecular flexibility index (Phi) is 2.37. The molecule has 12 heavy (non-hydrogen) atoms. The average molecular weight is 168 g/mol. The third-order valence-electron chi connectivity index (χ3n) is 3.40. The summed E-state index contributed by atoms with van der Waals surface area (Å²) in [5, 5.41) is 3.65. The summed E-state index contributed by atoms with van der Waals surface area (Å²) in [4.78, 5) is 2.67. The molecule has 1 aliphatic heterocycles. The monoisotopic (exact) mass is 168 g/mol. The summed E-state index contributed by atoms with van der Waals surface area (Å²) in [6, 6.07) is 0. The molecule has 1 aliphatic carbocycles. The maximum atomic E-state index is 3.65. The van der Waals surface area contributed by atoms with Crippen molar-refractivity contribution in [3.8, 4) is 0 Å². The Morgan fingerprint density at radius 3 is 2.83 bits per heavy atom. The molecule has 0 radical (unpaired) electrons. The lowest BCUT2D eigenvalue weighted by molar-refractivity contribution is 0.0366. The number of nitrogens with zero attached hydrogens (tertiary/aromatic N) is 1. The first-order valence-corrected chi connectivity index (χ1v) is 5.37. The smallest absolute Gasteiger partial charge is 0.0713 e. The molecule has 1 spiro atoms. The highest BCUT2D eigenvalue weighted by atomic mass is 15.4. The van der Waals surface area contributed by atoms with Crippen molar-refractivity contribution < 1.29 is 0 Å². The van der Waals surface area contributed by atoms with Gasteiger partial charge in [0.15, 0.2) is 0 Å². The Morgan fingerprint density at radius 1 is 1.42 bits per heavy atom. The van der Waals surface area contributed by atoms with Crippen molar-refractivity contribution in [3.63, 3.8) is 0 Å². The lowest BCUT2D eigenvalue weighted by Crippen LogP contribution is -2.56. The van der Waals surface area contributed by atoms with Gasteiger partial charge in [0.1, 0.15) is 0 Å². The first kappa shape index (κ1) is 8.52. The van der Waals surface area contributed by atoms with Crippen LogP contribution in [0.4, 0.5) is 0 Å². The van der Waals surface area contributed by atoms with Crippen molar-refractivity contribution in [3.05, 3.63) is 0 Å². The minimum atomic E-state index is 0.467. The van der Waals surface area contributed by atoms with Crippen molar-refractivity contribution in [1.29, 1.82) is 0 Å². The van der Waals surface area contributed by atoms with E-state index in [1.165, 1.54) is 51.7 Å². The fourth-order valence-corrected chi connectivity index (χ4v) is 2.43. The molecule has 0 aromatic carbocycles. The Bertz CT molecular complexity index is 152. The molecule has 0 aromatic rings. The van der Waals surface area contributed by atoms with E-state index in [4.69, 9.17) is 0 Å². The first-order valence-electron chi connectivity index (χ1n) is 5.37. The van der Waals surface area contributed by atoms with Gasteiger partial charge in [0.2, 0.25) is 0 Å². The predicted molar refractivity (Wildman–Crippen MR) is 51.1 cm³/mol. The van der Waals surface area contributed by atoms with Gasteiger partial charge >= 0.3 is 0 Å². The Balaban J connectivity index is 1.86. The number of hydrogen-bond donors (Lipinski definition) is 1. The minimum absolute atomic E-state index is 0.467. The molecule has 1 saturated carbocycles. The van der Waals surface area contributed by atoms with E-state index in [9.17, 15) is 0 Å². The summed E-state index contributed by atoms with van der Waals surface area (Å²) in [7, 11) is 0. The van der Waals surface area contributed by atoms with Crippen molar-refractivity contribution in [2.75, 3.05) is 19.6 Å². The lowest BCUT2D eigenvalue weighted by atomic mass is 9.84. The predicted octanol–water partition coefficient (Wildman–Crippen LogP) is 1.57. The highest BCUT2D eigenvalue weighted by Crippen LogP contribution is 2.37. The van der Waals surface area contributed by atoms with Gasteiger partial charge in [0.05, 0.1) is 5.66 Å². The van der Waals surface area contributed by atoms with Gasteiger partial charge in [-0.1, -0.05) is 13.3 Å². The van der Waals surface area contributed by atoms with Crippen molar-refractivity contribution in [1.82, 2.24) is 10.2 Å². The van der Waals surface area contributed by atoms with Gasteiger partial charge < -0.3 is 0 Å². The van der Waals surface area contributed by atoms with Crippen LogP contribution in [0.2, 0.25) is 0 Å². The van der Waals surface area contributed by atoms with Gasteiger partial charge in [-0.05, 0) is 32.2 Å². The van der Waals surface area contributed by atoms with E-state index in [1.807, 2.05) is 0 Å². The van der Waals surface area contributed by atoms with E-state index >= 15 is 0 Å². The zero-order valence-electron chi connectivity index (χ0n) is 8.10. The van der Waals surface area contributed by atoms with Crippen LogP contribution < -0.4 is 5.32 Å². The molecule has 70 valence electrons. The van der Waals surface area contributed by atoms with E-state index < -0.39 is 0 Å². The quantitative estimate of drug-likeness (QED) is 0.688. The van der Waals surface area contributed by atoms with E-state index in [-0.39, 0.29) is 0 Å². The molecule has 2 nitrogen and oxygen atoms in total. The molecule has 0 bridgehead atoms. The summed E-state index contributed by atoms with van der Waals surface area (Å²) < 4.78 is 0. The Labute approximate surface area is 75.3 Å². The van der Waals surface area contributed by atoms with Gasteiger partial charge in [0, 0.05) is 13.1 Å². The second-order valence-corrected chi connectivity index (χ2v) is 4.15. The molecule has 2 fully saturated rings. The van der Waals surface area contributed by atoms with Crippen molar-refractivity contribution in [2.45, 2.75) is 44.7 Å². The third kappa shape index (κ3) is 1.27. The second-order valence-electron chi connectivity index (χ2n) is 4.15. The molecule has 0 amide bonds. The Morgan fingerprint density at radius 2 is 2.25 bits per heavy atom. The fourth-order valence-electron chi connectivity index (χ4n) is 2.43. The molecular weight excluding hydrogens is 148 g/mol. The summed E-state index contributed by atoms with van der Waals surface area (Å²) in [6.07, 6.45) is 6.89. The van der Waals surface area contributed by atoms with Gasteiger partial charge in [-0.2, -0.15) is 0 Å².